The number of hydrogen-bond acceptors (Lipinski definition) is 2. The maximum Gasteiger partial charge on any atom is 0.328 e. The molecular weight excluding hydrogens is 262 g/mol. The third-order valence-corrected chi connectivity index (χ3v) is 4.94. The SMILES string of the molecule is Cc1cc(C=CC(=O)O)ccc1N1CCCC2CCCC21. The highest BCUT2D eigenvalue weighted by Crippen LogP contribution is 2.40. The van der Waals surface area contributed by atoms with Crippen molar-refractivity contribution < 1.29 is 9.90 Å². The third-order valence-electron chi connectivity index (χ3n) is 4.94. The zero-order valence-corrected chi connectivity index (χ0v) is 12.6. The minimum absolute atomic E-state index is 0.720. The van der Waals surface area contributed by atoms with Crippen LogP contribution in [0.4, 0.5) is 5.69 Å². The number of piperidine rings is 1. The molecule has 0 radical (unpaired) electrons. The number of hydrogen-bond donors (Lipinski definition) is 1. The summed E-state index contributed by atoms with van der Waals surface area (Å²) in [6, 6.07) is 7.00. The van der Waals surface area contributed by atoms with E-state index in [4.69, 9.17) is 5.11 Å². The van der Waals surface area contributed by atoms with Crippen LogP contribution in [0.1, 0.15) is 43.2 Å². The van der Waals surface area contributed by atoms with Crippen LogP contribution >= 0.6 is 0 Å². The van der Waals surface area contributed by atoms with Gasteiger partial charge in [-0.05, 0) is 67.9 Å². The fraction of sp³-hybridized carbons (Fsp3) is 0.500. The first-order valence-corrected chi connectivity index (χ1v) is 7.93. The number of aryl methyl sites for hydroxylation is 1. The summed E-state index contributed by atoms with van der Waals surface area (Å²) >= 11 is 0. The van der Waals surface area contributed by atoms with Gasteiger partial charge in [0.25, 0.3) is 0 Å². The van der Waals surface area contributed by atoms with E-state index in [0.29, 0.717) is 0 Å². The summed E-state index contributed by atoms with van der Waals surface area (Å²) in [5, 5.41) is 8.71. The van der Waals surface area contributed by atoms with E-state index in [1.54, 1.807) is 6.08 Å². The Morgan fingerprint density at radius 2 is 2.10 bits per heavy atom. The van der Waals surface area contributed by atoms with Crippen LogP contribution < -0.4 is 4.90 Å². The molecule has 2 atom stereocenters. The first kappa shape index (κ1) is 14.2. The van der Waals surface area contributed by atoms with E-state index in [1.807, 2.05) is 6.07 Å². The minimum Gasteiger partial charge on any atom is -0.478 e. The van der Waals surface area contributed by atoms with E-state index in [1.165, 1.54) is 49.4 Å². The third kappa shape index (κ3) is 2.97. The van der Waals surface area contributed by atoms with E-state index in [2.05, 4.69) is 24.0 Å². The summed E-state index contributed by atoms with van der Waals surface area (Å²) in [5.74, 6) is -0.0220. The van der Waals surface area contributed by atoms with Gasteiger partial charge in [-0.15, -0.1) is 0 Å². The summed E-state index contributed by atoms with van der Waals surface area (Å²) in [7, 11) is 0. The number of aliphatic carboxylic acids is 1. The van der Waals surface area contributed by atoms with Crippen LogP contribution in [0.2, 0.25) is 0 Å². The van der Waals surface area contributed by atoms with Gasteiger partial charge in [-0.3, -0.25) is 0 Å². The Kier molecular flexibility index (Phi) is 4.00. The highest BCUT2D eigenvalue weighted by atomic mass is 16.4. The topological polar surface area (TPSA) is 40.5 Å². The second-order valence-electron chi connectivity index (χ2n) is 6.31. The largest absolute Gasteiger partial charge is 0.478 e. The molecule has 1 aromatic rings. The molecule has 1 aliphatic carbocycles. The molecule has 3 rings (SSSR count). The van der Waals surface area contributed by atoms with Gasteiger partial charge >= 0.3 is 5.97 Å². The number of carbonyl (C=O) groups is 1. The Hall–Kier alpha value is -1.77. The van der Waals surface area contributed by atoms with Gasteiger partial charge in [-0.1, -0.05) is 12.5 Å². The average molecular weight is 285 g/mol. The smallest absolute Gasteiger partial charge is 0.328 e. The molecule has 2 aliphatic rings. The Labute approximate surface area is 126 Å². The minimum atomic E-state index is -0.901. The molecule has 0 spiro atoms. The van der Waals surface area contributed by atoms with Crippen LogP contribution in [0, 0.1) is 12.8 Å². The van der Waals surface area contributed by atoms with Gasteiger partial charge in [0.05, 0.1) is 0 Å². The highest BCUT2D eigenvalue weighted by Gasteiger charge is 2.35. The average Bonchev–Trinajstić information content (AvgIpc) is 2.94. The van der Waals surface area contributed by atoms with Crippen LogP contribution in [0.3, 0.4) is 0 Å². The monoisotopic (exact) mass is 285 g/mol. The molecule has 3 nitrogen and oxygen atoms in total. The lowest BCUT2D eigenvalue weighted by Gasteiger charge is -2.40. The van der Waals surface area contributed by atoms with E-state index >= 15 is 0 Å². The molecule has 0 bridgehead atoms. The fourth-order valence-corrected chi connectivity index (χ4v) is 4.03. The summed E-state index contributed by atoms with van der Waals surface area (Å²) in [5.41, 5.74) is 3.53. The lowest BCUT2D eigenvalue weighted by molar-refractivity contribution is -0.131. The Balaban J connectivity index is 1.83. The number of nitrogens with zero attached hydrogens (tertiary/aromatic N) is 1. The van der Waals surface area contributed by atoms with Crippen molar-refractivity contribution in [3.05, 3.63) is 35.4 Å². The summed E-state index contributed by atoms with van der Waals surface area (Å²) < 4.78 is 0. The Morgan fingerprint density at radius 3 is 2.86 bits per heavy atom. The zero-order chi connectivity index (χ0) is 14.8. The van der Waals surface area contributed by atoms with Gasteiger partial charge in [-0.25, -0.2) is 4.79 Å². The van der Waals surface area contributed by atoms with Gasteiger partial charge < -0.3 is 10.0 Å². The standard InChI is InChI=1S/C18H23NO2/c1-13-12-14(8-10-18(20)21)7-9-16(13)19-11-3-5-15-4-2-6-17(15)19/h7-10,12,15,17H,2-6,11H2,1H3,(H,20,21). The van der Waals surface area contributed by atoms with Crippen molar-refractivity contribution >= 4 is 17.7 Å². The lowest BCUT2D eigenvalue weighted by atomic mass is 9.91. The summed E-state index contributed by atoms with van der Waals surface area (Å²) in [6.07, 6.45) is 9.62. The number of carboxylic acid groups (broad SMARTS) is 1. The predicted molar refractivity (Wildman–Crippen MR) is 85.6 cm³/mol. The van der Waals surface area contributed by atoms with Crippen molar-refractivity contribution in [1.29, 1.82) is 0 Å². The number of rotatable bonds is 3. The van der Waals surface area contributed by atoms with Crippen LogP contribution in [-0.4, -0.2) is 23.7 Å². The molecule has 0 aromatic heterocycles. The maximum absolute atomic E-state index is 10.6. The van der Waals surface area contributed by atoms with Gasteiger partial charge in [0.15, 0.2) is 0 Å². The number of fused-ring (bicyclic) bond motifs is 1. The first-order chi connectivity index (χ1) is 10.1. The first-order valence-electron chi connectivity index (χ1n) is 7.93. The second kappa shape index (κ2) is 5.92. The summed E-state index contributed by atoms with van der Waals surface area (Å²) in [6.45, 7) is 3.29. The fourth-order valence-electron chi connectivity index (χ4n) is 4.03. The van der Waals surface area contributed by atoms with Crippen LogP contribution in [0.5, 0.6) is 0 Å². The van der Waals surface area contributed by atoms with Gasteiger partial charge in [0.2, 0.25) is 0 Å². The molecule has 1 aliphatic heterocycles. The normalized spacial score (nSPS) is 25.3. The number of benzene rings is 1. The zero-order valence-electron chi connectivity index (χ0n) is 12.6. The van der Waals surface area contributed by atoms with E-state index < -0.39 is 5.97 Å². The molecule has 21 heavy (non-hydrogen) atoms. The van der Waals surface area contributed by atoms with Crippen LogP contribution in [0.25, 0.3) is 6.08 Å². The maximum atomic E-state index is 10.6. The van der Waals surface area contributed by atoms with Crippen molar-refractivity contribution in [2.45, 2.75) is 45.1 Å². The van der Waals surface area contributed by atoms with E-state index in [-0.39, 0.29) is 0 Å². The second-order valence-corrected chi connectivity index (χ2v) is 6.31. The highest BCUT2D eigenvalue weighted by molar-refractivity contribution is 5.85. The van der Waals surface area contributed by atoms with Crippen molar-refractivity contribution in [1.82, 2.24) is 0 Å². The van der Waals surface area contributed by atoms with Crippen molar-refractivity contribution in [3.63, 3.8) is 0 Å². The van der Waals surface area contributed by atoms with E-state index in [9.17, 15) is 4.79 Å². The van der Waals surface area contributed by atoms with Crippen LogP contribution in [-0.2, 0) is 4.79 Å². The molecule has 0 amide bonds. The van der Waals surface area contributed by atoms with E-state index in [0.717, 1.165) is 24.1 Å². The molecule has 112 valence electrons. The van der Waals surface area contributed by atoms with Crippen molar-refractivity contribution in [2.75, 3.05) is 11.4 Å². The molecule has 2 unspecified atom stereocenters. The quantitative estimate of drug-likeness (QED) is 0.857. The van der Waals surface area contributed by atoms with Gasteiger partial charge in [0.1, 0.15) is 0 Å². The molecular formula is C18H23NO2. The molecule has 3 heteroatoms. The Bertz CT molecular complexity index is 564. The number of carboxylic acids is 1. The van der Waals surface area contributed by atoms with Crippen molar-refractivity contribution in [2.24, 2.45) is 5.92 Å². The van der Waals surface area contributed by atoms with Gasteiger partial charge in [-0.2, -0.15) is 0 Å². The lowest BCUT2D eigenvalue weighted by Crippen LogP contribution is -2.42. The molecule has 2 fully saturated rings. The Morgan fingerprint density at radius 1 is 1.29 bits per heavy atom. The predicted octanol–water partition coefficient (Wildman–Crippen LogP) is 3.86. The molecule has 1 saturated carbocycles. The molecule has 1 N–H and O–H groups in total. The number of anilines is 1. The molecule has 1 saturated heterocycles. The molecule has 1 heterocycles. The van der Waals surface area contributed by atoms with Crippen LogP contribution in [0.15, 0.2) is 24.3 Å². The summed E-state index contributed by atoms with van der Waals surface area (Å²) in [4.78, 5) is 13.2. The van der Waals surface area contributed by atoms with Crippen molar-refractivity contribution in [3.8, 4) is 0 Å². The molecule has 1 aromatic carbocycles. The van der Waals surface area contributed by atoms with Gasteiger partial charge in [0, 0.05) is 24.4 Å².